The number of nitrogens with zero attached hydrogens (tertiary/aromatic N) is 2. The molecule has 24 heavy (non-hydrogen) atoms. The summed E-state index contributed by atoms with van der Waals surface area (Å²) in [6, 6.07) is 0. The molecule has 0 aromatic heterocycles. The zero-order chi connectivity index (χ0) is 20.0. The minimum Gasteiger partial charge on any atom is -0.330 e. The van der Waals surface area contributed by atoms with Gasteiger partial charge in [0.15, 0.2) is 0 Å². The van der Waals surface area contributed by atoms with Gasteiger partial charge in [0.25, 0.3) is 10.0 Å². The maximum Gasteiger partial charge on any atom is 0.427 e. The molecule has 146 valence electrons. The van der Waals surface area contributed by atoms with Gasteiger partial charge in [-0.25, -0.2) is 8.42 Å². The molecular weight excluding hydrogens is 362 g/mol. The van der Waals surface area contributed by atoms with E-state index in [-0.39, 0.29) is 4.31 Å². The zero-order valence-electron chi connectivity index (χ0n) is 14.8. The minimum absolute atomic E-state index is 0.0162. The molecule has 0 aliphatic heterocycles. The minimum atomic E-state index is -6.04. The van der Waals surface area contributed by atoms with Crippen LogP contribution in [0.25, 0.3) is 0 Å². The molecule has 0 radical (unpaired) electrons. The molecule has 4 nitrogen and oxygen atoms in total. The predicted molar refractivity (Wildman–Crippen MR) is 78.7 cm³/mol. The summed E-state index contributed by atoms with van der Waals surface area (Å²) in [5.74, 6) is -11.3. The van der Waals surface area contributed by atoms with Gasteiger partial charge in [0.1, 0.15) is 0 Å². The first-order valence-corrected chi connectivity index (χ1v) is 8.42. The first kappa shape index (κ1) is 23.4. The number of halogens is 6. The van der Waals surface area contributed by atoms with E-state index >= 15 is 0 Å². The van der Waals surface area contributed by atoms with Gasteiger partial charge in [0.2, 0.25) is 0 Å². The molecule has 0 spiro atoms. The van der Waals surface area contributed by atoms with Crippen LogP contribution in [0.1, 0.15) is 20.8 Å². The lowest BCUT2D eigenvalue weighted by Gasteiger charge is -2.38. The number of hydrogen-bond acceptors (Lipinski definition) is 2. The van der Waals surface area contributed by atoms with Gasteiger partial charge >= 0.3 is 17.1 Å². The summed E-state index contributed by atoms with van der Waals surface area (Å²) < 4.78 is 104. The van der Waals surface area contributed by atoms with Crippen molar-refractivity contribution in [3.8, 4) is 0 Å². The molecule has 0 bridgehead atoms. The van der Waals surface area contributed by atoms with E-state index in [0.717, 1.165) is 0 Å². The Morgan fingerprint density at radius 3 is 1.58 bits per heavy atom. The lowest BCUT2D eigenvalue weighted by atomic mass is 9.92. The van der Waals surface area contributed by atoms with Crippen LogP contribution in [-0.2, 0) is 10.0 Å². The lowest BCUT2D eigenvalue weighted by molar-refractivity contribution is -0.876. The van der Waals surface area contributed by atoms with Crippen molar-refractivity contribution in [3.63, 3.8) is 0 Å². The highest BCUT2D eigenvalue weighted by molar-refractivity contribution is 7.90. The summed E-state index contributed by atoms with van der Waals surface area (Å²) in [6.07, 6.45) is 0. The second-order valence-corrected chi connectivity index (χ2v) is 9.94. The van der Waals surface area contributed by atoms with Crippen LogP contribution < -0.4 is 0 Å². The second-order valence-electron chi connectivity index (χ2n) is 7.85. The van der Waals surface area contributed by atoms with Gasteiger partial charge in [-0.1, -0.05) is 13.8 Å². The van der Waals surface area contributed by atoms with E-state index in [2.05, 4.69) is 0 Å². The highest BCUT2D eigenvalue weighted by atomic mass is 32.2. The van der Waals surface area contributed by atoms with Crippen LogP contribution in [0.5, 0.6) is 0 Å². The Labute approximate surface area is 139 Å². The molecule has 0 amide bonds. The van der Waals surface area contributed by atoms with Gasteiger partial charge in [0, 0.05) is 25.9 Å². The molecule has 0 aromatic rings. The van der Waals surface area contributed by atoms with E-state index in [1.807, 2.05) is 0 Å². The average Bonchev–Trinajstić information content (AvgIpc) is 2.22. The number of quaternary nitrogens is 1. The summed E-state index contributed by atoms with van der Waals surface area (Å²) in [7, 11) is -0.0106. The molecule has 0 fully saturated rings. The van der Waals surface area contributed by atoms with E-state index in [1.54, 1.807) is 35.0 Å². The van der Waals surface area contributed by atoms with Gasteiger partial charge < -0.3 is 4.48 Å². The molecule has 0 heterocycles. The SMILES string of the molecule is CN(CC(C)(C)C[N+](C)(C)C)S(=O)(=O)C(F)(F)C(F)(F)C(C)(F)F. The number of hydrogen-bond donors (Lipinski definition) is 0. The summed E-state index contributed by atoms with van der Waals surface area (Å²) >= 11 is 0. The third kappa shape index (κ3) is 4.75. The number of sulfonamides is 1. The van der Waals surface area contributed by atoms with Crippen LogP contribution in [0.4, 0.5) is 26.3 Å². The Kier molecular flexibility index (Phi) is 6.17. The highest BCUT2D eigenvalue weighted by Gasteiger charge is 2.76. The van der Waals surface area contributed by atoms with Gasteiger partial charge in [-0.15, -0.1) is 0 Å². The molecule has 0 aliphatic rings. The zero-order valence-corrected chi connectivity index (χ0v) is 15.6. The van der Waals surface area contributed by atoms with E-state index in [9.17, 15) is 34.8 Å². The fourth-order valence-electron chi connectivity index (χ4n) is 2.64. The van der Waals surface area contributed by atoms with Crippen molar-refractivity contribution in [1.29, 1.82) is 0 Å². The van der Waals surface area contributed by atoms with Gasteiger partial charge in [0.05, 0.1) is 27.7 Å². The Morgan fingerprint density at radius 2 is 1.29 bits per heavy atom. The van der Waals surface area contributed by atoms with Crippen molar-refractivity contribution in [2.24, 2.45) is 5.41 Å². The largest absolute Gasteiger partial charge is 0.427 e. The molecule has 0 saturated heterocycles. The van der Waals surface area contributed by atoms with Gasteiger partial charge in [-0.3, -0.25) is 0 Å². The molecular formula is C13H25F6N2O2S+. The van der Waals surface area contributed by atoms with Gasteiger partial charge in [-0.05, 0) is 0 Å². The van der Waals surface area contributed by atoms with E-state index < -0.39 is 46.0 Å². The standard InChI is InChI=1S/C13H25F6N2O2S/c1-10(2,9-21(5,6)7)8-20(4)24(22,23)13(18,19)12(16,17)11(3,14)15/h8-9H2,1-7H3/q+1. The van der Waals surface area contributed by atoms with Crippen molar-refractivity contribution in [2.75, 3.05) is 41.3 Å². The van der Waals surface area contributed by atoms with Crippen LogP contribution in [0, 0.1) is 5.41 Å². The van der Waals surface area contributed by atoms with Gasteiger partial charge in [-0.2, -0.15) is 30.6 Å². The van der Waals surface area contributed by atoms with Crippen LogP contribution in [0.2, 0.25) is 0 Å². The molecule has 0 saturated carbocycles. The lowest BCUT2D eigenvalue weighted by Crippen LogP contribution is -2.60. The highest BCUT2D eigenvalue weighted by Crippen LogP contribution is 2.49. The topological polar surface area (TPSA) is 37.4 Å². The summed E-state index contributed by atoms with van der Waals surface area (Å²) in [6.45, 7) is 2.47. The van der Waals surface area contributed by atoms with Crippen molar-refractivity contribution in [3.05, 3.63) is 0 Å². The number of alkyl halides is 6. The third-order valence-corrected chi connectivity index (χ3v) is 5.06. The quantitative estimate of drug-likeness (QED) is 0.475. The summed E-state index contributed by atoms with van der Waals surface area (Å²) in [4.78, 5) is 0. The fourth-order valence-corrected chi connectivity index (χ4v) is 4.05. The van der Waals surface area contributed by atoms with Crippen molar-refractivity contribution in [2.45, 2.75) is 37.9 Å². The molecule has 0 N–H and O–H groups in total. The second kappa shape index (κ2) is 6.31. The van der Waals surface area contributed by atoms with Crippen molar-refractivity contribution < 1.29 is 39.2 Å². The molecule has 0 aromatic carbocycles. The van der Waals surface area contributed by atoms with Crippen LogP contribution >= 0.6 is 0 Å². The smallest absolute Gasteiger partial charge is 0.330 e. The molecule has 0 aliphatic carbocycles. The fraction of sp³-hybridized carbons (Fsp3) is 1.00. The Morgan fingerprint density at radius 1 is 0.917 bits per heavy atom. The summed E-state index contributed by atoms with van der Waals surface area (Å²) in [5, 5.41) is -5.94. The molecule has 11 heteroatoms. The molecule has 0 rings (SSSR count). The first-order chi connectivity index (χ1) is 10.1. The Hall–Kier alpha value is -0.550. The monoisotopic (exact) mass is 387 g/mol. The van der Waals surface area contributed by atoms with Crippen LogP contribution in [-0.4, -0.2) is 75.6 Å². The third-order valence-electron chi connectivity index (χ3n) is 3.20. The normalized spacial score (nSPS) is 15.9. The van der Waals surface area contributed by atoms with E-state index in [1.165, 1.54) is 0 Å². The maximum atomic E-state index is 13.8. The van der Waals surface area contributed by atoms with E-state index in [0.29, 0.717) is 18.1 Å². The Bertz CT molecular complexity index is 550. The first-order valence-electron chi connectivity index (χ1n) is 6.98. The molecule has 0 unspecified atom stereocenters. The molecule has 0 atom stereocenters. The average molecular weight is 387 g/mol. The van der Waals surface area contributed by atoms with Crippen LogP contribution in [0.15, 0.2) is 0 Å². The van der Waals surface area contributed by atoms with Crippen molar-refractivity contribution in [1.82, 2.24) is 4.31 Å². The van der Waals surface area contributed by atoms with Crippen LogP contribution in [0.3, 0.4) is 0 Å². The summed E-state index contributed by atoms with van der Waals surface area (Å²) in [5.41, 5.74) is -0.861. The number of rotatable bonds is 8. The predicted octanol–water partition coefficient (Wildman–Crippen LogP) is 2.86. The van der Waals surface area contributed by atoms with Crippen molar-refractivity contribution >= 4 is 10.0 Å². The van der Waals surface area contributed by atoms with E-state index in [4.69, 9.17) is 0 Å². The maximum absolute atomic E-state index is 13.8. The Balaban J connectivity index is 5.68.